The van der Waals surface area contributed by atoms with Crippen LogP contribution in [0, 0.1) is 0 Å². The molecule has 28 heavy (non-hydrogen) atoms. The molecular formula is C20H19N5OS2. The van der Waals surface area contributed by atoms with Crippen molar-refractivity contribution in [3.63, 3.8) is 0 Å². The van der Waals surface area contributed by atoms with Crippen molar-refractivity contribution >= 4 is 23.1 Å². The second-order valence-electron chi connectivity index (χ2n) is 6.60. The maximum absolute atomic E-state index is 9.44. The Morgan fingerprint density at radius 1 is 1.07 bits per heavy atom. The largest absolute Gasteiger partial charge is 0.508 e. The summed E-state index contributed by atoms with van der Waals surface area (Å²) in [6.45, 7) is 4.39. The summed E-state index contributed by atoms with van der Waals surface area (Å²) in [4.78, 5) is 4.76. The number of tetrazole rings is 1. The van der Waals surface area contributed by atoms with E-state index in [-0.39, 0.29) is 5.75 Å². The normalized spacial score (nSPS) is 11.2. The molecule has 0 radical (unpaired) electrons. The number of phenols is 1. The quantitative estimate of drug-likeness (QED) is 0.456. The first kappa shape index (κ1) is 18.6. The Bertz CT molecular complexity index is 1050. The first-order valence-corrected chi connectivity index (χ1v) is 10.7. The standard InChI is InChI=1S/C20H19N5OS2/c1-13(2)14-3-5-15(6-4-14)19-21-16(11-27-19)12-28-20-22-23-24-25(20)17-7-9-18(26)10-8-17/h3-11,13,26H,12H2,1-2H3. The highest BCUT2D eigenvalue weighted by Crippen LogP contribution is 2.29. The van der Waals surface area contributed by atoms with E-state index in [1.165, 1.54) is 17.3 Å². The molecule has 0 fully saturated rings. The van der Waals surface area contributed by atoms with Gasteiger partial charge in [-0.15, -0.1) is 16.4 Å². The zero-order valence-electron chi connectivity index (χ0n) is 15.5. The second kappa shape index (κ2) is 8.12. The van der Waals surface area contributed by atoms with E-state index >= 15 is 0 Å². The van der Waals surface area contributed by atoms with Crippen molar-refractivity contribution in [3.05, 3.63) is 65.2 Å². The minimum Gasteiger partial charge on any atom is -0.508 e. The van der Waals surface area contributed by atoms with Gasteiger partial charge in [-0.1, -0.05) is 49.9 Å². The van der Waals surface area contributed by atoms with Crippen LogP contribution in [0.1, 0.15) is 31.0 Å². The van der Waals surface area contributed by atoms with E-state index in [9.17, 15) is 5.11 Å². The van der Waals surface area contributed by atoms with Gasteiger partial charge in [0.15, 0.2) is 0 Å². The first-order valence-electron chi connectivity index (χ1n) is 8.85. The van der Waals surface area contributed by atoms with E-state index in [4.69, 9.17) is 4.98 Å². The zero-order valence-corrected chi connectivity index (χ0v) is 17.1. The molecule has 0 aliphatic rings. The van der Waals surface area contributed by atoms with Crippen molar-refractivity contribution in [1.29, 1.82) is 0 Å². The number of aromatic hydroxyl groups is 1. The Morgan fingerprint density at radius 2 is 1.82 bits per heavy atom. The van der Waals surface area contributed by atoms with Crippen LogP contribution in [0.25, 0.3) is 16.3 Å². The lowest BCUT2D eigenvalue weighted by atomic mass is 10.0. The number of aromatic nitrogens is 5. The number of rotatable bonds is 6. The lowest BCUT2D eigenvalue weighted by molar-refractivity contribution is 0.475. The number of benzene rings is 2. The summed E-state index contributed by atoms with van der Waals surface area (Å²) in [6.07, 6.45) is 0. The molecule has 8 heteroatoms. The van der Waals surface area contributed by atoms with E-state index in [2.05, 4.69) is 59.0 Å². The lowest BCUT2D eigenvalue weighted by Crippen LogP contribution is -1.98. The van der Waals surface area contributed by atoms with Gasteiger partial charge in [0.2, 0.25) is 5.16 Å². The van der Waals surface area contributed by atoms with Gasteiger partial charge in [0, 0.05) is 16.7 Å². The third-order valence-corrected chi connectivity index (χ3v) is 6.15. The van der Waals surface area contributed by atoms with Crippen LogP contribution in [-0.4, -0.2) is 30.3 Å². The topological polar surface area (TPSA) is 76.7 Å². The summed E-state index contributed by atoms with van der Waals surface area (Å²) in [6, 6.07) is 15.4. The lowest BCUT2D eigenvalue weighted by Gasteiger charge is -2.05. The fourth-order valence-corrected chi connectivity index (χ4v) is 4.39. The van der Waals surface area contributed by atoms with Crippen molar-refractivity contribution < 1.29 is 5.11 Å². The summed E-state index contributed by atoms with van der Waals surface area (Å²) >= 11 is 3.17. The van der Waals surface area contributed by atoms with Crippen LogP contribution >= 0.6 is 23.1 Å². The van der Waals surface area contributed by atoms with E-state index < -0.39 is 0 Å². The van der Waals surface area contributed by atoms with E-state index in [1.54, 1.807) is 40.3 Å². The van der Waals surface area contributed by atoms with Crippen molar-refractivity contribution in [2.45, 2.75) is 30.7 Å². The molecular weight excluding hydrogens is 390 g/mol. The van der Waals surface area contributed by atoms with Gasteiger partial charge in [0.05, 0.1) is 11.4 Å². The maximum atomic E-state index is 9.44. The molecule has 0 atom stereocenters. The van der Waals surface area contributed by atoms with Crippen LogP contribution in [0.3, 0.4) is 0 Å². The summed E-state index contributed by atoms with van der Waals surface area (Å²) in [5.41, 5.74) is 4.27. The number of nitrogens with zero attached hydrogens (tertiary/aromatic N) is 5. The monoisotopic (exact) mass is 409 g/mol. The van der Waals surface area contributed by atoms with E-state index in [0.717, 1.165) is 22.0 Å². The van der Waals surface area contributed by atoms with Gasteiger partial charge < -0.3 is 5.11 Å². The van der Waals surface area contributed by atoms with E-state index in [1.807, 2.05) is 0 Å². The molecule has 0 unspecified atom stereocenters. The molecule has 0 aliphatic carbocycles. The molecule has 2 heterocycles. The highest BCUT2D eigenvalue weighted by molar-refractivity contribution is 7.98. The van der Waals surface area contributed by atoms with Crippen molar-refractivity contribution in [2.24, 2.45) is 0 Å². The fraction of sp³-hybridized carbons (Fsp3) is 0.200. The summed E-state index contributed by atoms with van der Waals surface area (Å²) < 4.78 is 1.65. The van der Waals surface area contributed by atoms with Crippen LogP contribution < -0.4 is 0 Å². The number of thioether (sulfide) groups is 1. The van der Waals surface area contributed by atoms with Gasteiger partial charge in [0.25, 0.3) is 0 Å². The minimum absolute atomic E-state index is 0.211. The van der Waals surface area contributed by atoms with Crippen LogP contribution in [0.5, 0.6) is 5.75 Å². The van der Waals surface area contributed by atoms with Gasteiger partial charge in [-0.25, -0.2) is 4.98 Å². The summed E-state index contributed by atoms with van der Waals surface area (Å²) in [7, 11) is 0. The molecule has 0 saturated heterocycles. The number of hydrogen-bond acceptors (Lipinski definition) is 7. The molecule has 0 saturated carbocycles. The Hall–Kier alpha value is -2.71. The molecule has 2 aromatic carbocycles. The van der Waals surface area contributed by atoms with Gasteiger partial charge in [-0.05, 0) is 46.2 Å². The molecule has 0 bridgehead atoms. The molecule has 0 aliphatic heterocycles. The Labute approximate surface area is 171 Å². The fourth-order valence-electron chi connectivity index (χ4n) is 2.68. The highest BCUT2D eigenvalue weighted by atomic mass is 32.2. The van der Waals surface area contributed by atoms with Crippen molar-refractivity contribution in [2.75, 3.05) is 0 Å². The van der Waals surface area contributed by atoms with E-state index in [0.29, 0.717) is 16.8 Å². The minimum atomic E-state index is 0.211. The molecule has 4 aromatic rings. The van der Waals surface area contributed by atoms with Gasteiger partial charge >= 0.3 is 0 Å². The maximum Gasteiger partial charge on any atom is 0.214 e. The average Bonchev–Trinajstić information content (AvgIpc) is 3.36. The van der Waals surface area contributed by atoms with Crippen molar-refractivity contribution in [1.82, 2.24) is 25.2 Å². The van der Waals surface area contributed by atoms with Gasteiger partial charge in [0.1, 0.15) is 10.8 Å². The Morgan fingerprint density at radius 3 is 2.54 bits per heavy atom. The number of phenolic OH excluding ortho intramolecular Hbond substituents is 1. The van der Waals surface area contributed by atoms with Crippen LogP contribution in [-0.2, 0) is 5.75 Å². The van der Waals surface area contributed by atoms with Gasteiger partial charge in [-0.2, -0.15) is 4.68 Å². The predicted molar refractivity (Wildman–Crippen MR) is 112 cm³/mol. The number of thiazole rings is 1. The van der Waals surface area contributed by atoms with Crippen LogP contribution in [0.15, 0.2) is 59.1 Å². The Balaban J connectivity index is 1.46. The van der Waals surface area contributed by atoms with Gasteiger partial charge in [-0.3, -0.25) is 0 Å². The molecule has 2 aromatic heterocycles. The van der Waals surface area contributed by atoms with Crippen LogP contribution in [0.4, 0.5) is 0 Å². The number of hydrogen-bond donors (Lipinski definition) is 1. The SMILES string of the molecule is CC(C)c1ccc(-c2nc(CSc3nnnn3-c3ccc(O)cc3)cs2)cc1. The third kappa shape index (κ3) is 4.07. The second-order valence-corrected chi connectivity index (χ2v) is 8.40. The molecule has 6 nitrogen and oxygen atoms in total. The molecule has 0 spiro atoms. The molecule has 1 N–H and O–H groups in total. The Kier molecular flexibility index (Phi) is 5.40. The molecule has 4 rings (SSSR count). The smallest absolute Gasteiger partial charge is 0.214 e. The molecule has 142 valence electrons. The third-order valence-electron chi connectivity index (χ3n) is 4.26. The molecule has 0 amide bonds. The van der Waals surface area contributed by atoms with Crippen LogP contribution in [0.2, 0.25) is 0 Å². The first-order chi connectivity index (χ1) is 13.6. The average molecular weight is 410 g/mol. The summed E-state index contributed by atoms with van der Waals surface area (Å²) in [5, 5.41) is 25.1. The highest BCUT2D eigenvalue weighted by Gasteiger charge is 2.11. The zero-order chi connectivity index (χ0) is 19.5. The summed E-state index contributed by atoms with van der Waals surface area (Å²) in [5.74, 6) is 1.42. The predicted octanol–water partition coefficient (Wildman–Crippen LogP) is 4.91. The van der Waals surface area contributed by atoms with Crippen molar-refractivity contribution in [3.8, 4) is 22.0 Å².